The monoisotopic (exact) mass is 402 g/mol. The van der Waals surface area contributed by atoms with E-state index >= 15 is 0 Å². The quantitative estimate of drug-likeness (QED) is 0.736. The molecule has 2 aromatic rings. The number of aromatic nitrogens is 3. The van der Waals surface area contributed by atoms with E-state index in [0.717, 1.165) is 30.2 Å². The molecule has 2 aliphatic rings. The maximum Gasteiger partial charge on any atom is 0.223 e. The van der Waals surface area contributed by atoms with Crippen LogP contribution in [0.3, 0.4) is 0 Å². The van der Waals surface area contributed by atoms with Crippen LogP contribution in [-0.2, 0) is 11.3 Å². The molecule has 4 rings (SSSR count). The van der Waals surface area contributed by atoms with Crippen LogP contribution < -0.4 is 15.4 Å². The highest BCUT2D eigenvalue weighted by atomic mass is 32.1. The summed E-state index contributed by atoms with van der Waals surface area (Å²) in [5, 5.41) is 6.82. The summed E-state index contributed by atoms with van der Waals surface area (Å²) < 4.78 is 6.14. The van der Waals surface area contributed by atoms with Gasteiger partial charge in [-0.3, -0.25) is 9.69 Å². The number of thiazole rings is 1. The number of likely N-dealkylation sites (tertiary alicyclic amines) is 1. The number of amides is 1. The highest BCUT2D eigenvalue weighted by Gasteiger charge is 2.31. The van der Waals surface area contributed by atoms with E-state index in [-0.39, 0.29) is 12.0 Å². The summed E-state index contributed by atoms with van der Waals surface area (Å²) in [5.41, 5.74) is 0. The van der Waals surface area contributed by atoms with Crippen molar-refractivity contribution in [3.63, 3.8) is 0 Å². The molecule has 0 aromatic carbocycles. The van der Waals surface area contributed by atoms with Gasteiger partial charge in [0.2, 0.25) is 11.8 Å². The minimum Gasteiger partial charge on any atom is -0.473 e. The van der Waals surface area contributed by atoms with Crippen LogP contribution in [0.15, 0.2) is 18.6 Å². The second kappa shape index (κ2) is 8.40. The van der Waals surface area contributed by atoms with Crippen molar-refractivity contribution in [2.75, 3.05) is 17.2 Å². The highest BCUT2D eigenvalue weighted by molar-refractivity contribution is 7.15. The third-order valence-electron chi connectivity index (χ3n) is 5.25. The van der Waals surface area contributed by atoms with Crippen LogP contribution >= 0.6 is 11.3 Å². The number of anilines is 2. The van der Waals surface area contributed by atoms with Crippen LogP contribution in [0.25, 0.3) is 0 Å². The molecule has 1 aliphatic heterocycles. The van der Waals surface area contributed by atoms with Crippen molar-refractivity contribution in [2.24, 2.45) is 0 Å². The van der Waals surface area contributed by atoms with Crippen molar-refractivity contribution < 1.29 is 9.53 Å². The van der Waals surface area contributed by atoms with Crippen LogP contribution in [0.4, 0.5) is 10.9 Å². The van der Waals surface area contributed by atoms with Crippen molar-refractivity contribution >= 4 is 28.2 Å². The zero-order valence-corrected chi connectivity index (χ0v) is 17.0. The molecule has 3 heterocycles. The van der Waals surface area contributed by atoms with Gasteiger partial charge in [0.25, 0.3) is 0 Å². The first kappa shape index (κ1) is 19.1. The molecule has 1 saturated carbocycles. The number of ether oxygens (including phenoxy) is 1. The average molecular weight is 403 g/mol. The minimum absolute atomic E-state index is 0.0973. The Kier molecular flexibility index (Phi) is 5.72. The van der Waals surface area contributed by atoms with E-state index in [4.69, 9.17) is 4.74 Å². The number of nitrogens with one attached hydrogen (secondary N) is 2. The van der Waals surface area contributed by atoms with Gasteiger partial charge in [0.15, 0.2) is 5.13 Å². The molecule has 1 amide bonds. The van der Waals surface area contributed by atoms with Crippen LogP contribution in [0.1, 0.15) is 44.4 Å². The third-order valence-corrected chi connectivity index (χ3v) is 6.15. The Hall–Kier alpha value is -2.26. The smallest absolute Gasteiger partial charge is 0.223 e. The Morgan fingerprint density at radius 2 is 2.21 bits per heavy atom. The molecule has 0 unspecified atom stereocenters. The van der Waals surface area contributed by atoms with E-state index in [9.17, 15) is 4.79 Å². The Labute approximate surface area is 168 Å². The van der Waals surface area contributed by atoms with Crippen molar-refractivity contribution in [3.05, 3.63) is 23.5 Å². The molecule has 2 aromatic heterocycles. The van der Waals surface area contributed by atoms with Gasteiger partial charge in [-0.25, -0.2) is 15.0 Å². The third kappa shape index (κ3) is 4.77. The Balaban J connectivity index is 1.31. The molecule has 2 atom stereocenters. The van der Waals surface area contributed by atoms with E-state index in [2.05, 4.69) is 37.4 Å². The predicted octanol–water partition coefficient (Wildman–Crippen LogP) is 2.90. The van der Waals surface area contributed by atoms with E-state index in [1.165, 1.54) is 37.5 Å². The van der Waals surface area contributed by atoms with Gasteiger partial charge in [-0.2, -0.15) is 0 Å². The molecule has 1 aliphatic carbocycles. The van der Waals surface area contributed by atoms with Gasteiger partial charge >= 0.3 is 0 Å². The maximum atomic E-state index is 11.2. The number of carbonyl (C=O) groups excluding carboxylic acids is 1. The largest absolute Gasteiger partial charge is 0.473 e. The van der Waals surface area contributed by atoms with Gasteiger partial charge in [-0.15, -0.1) is 11.3 Å². The Bertz CT molecular complexity index is 824. The normalized spacial score (nSPS) is 22.6. The second-order valence-electron chi connectivity index (χ2n) is 7.58. The molecular weight excluding hydrogens is 376 g/mol. The molecule has 0 radical (unpaired) electrons. The molecule has 9 heteroatoms. The van der Waals surface area contributed by atoms with Crippen LogP contribution in [0.2, 0.25) is 0 Å². The fraction of sp³-hybridized carbons (Fsp3) is 0.579. The lowest BCUT2D eigenvalue weighted by atomic mass is 9.93. The molecule has 28 heavy (non-hydrogen) atoms. The zero-order valence-electron chi connectivity index (χ0n) is 16.2. The summed E-state index contributed by atoms with van der Waals surface area (Å²) in [7, 11) is 0. The first-order valence-electron chi connectivity index (χ1n) is 9.77. The molecule has 2 fully saturated rings. The summed E-state index contributed by atoms with van der Waals surface area (Å²) in [6.45, 7) is 5.34. The number of carbonyl (C=O) groups is 1. The Morgan fingerprint density at radius 1 is 1.36 bits per heavy atom. The molecular formula is C19H26N6O2S. The zero-order chi connectivity index (χ0) is 19.5. The number of nitrogens with zero attached hydrogens (tertiary/aromatic N) is 4. The van der Waals surface area contributed by atoms with Gasteiger partial charge in [-0.1, -0.05) is 0 Å². The summed E-state index contributed by atoms with van der Waals surface area (Å²) in [6.07, 6.45) is 8.14. The standard InChI is InChI=1S/C19H26N6O2S/c1-12-6-15(9-25(12)10-16-8-20-19(28-16)23-13(2)26)27-18-7-17(21-11-22-18)24-14-4-3-5-14/h7-8,11-12,14-15H,3-6,9-10H2,1-2H3,(H,20,23,26)(H,21,22,24)/t12-,15+/m0/s1. The summed E-state index contributed by atoms with van der Waals surface area (Å²) >= 11 is 1.52. The van der Waals surface area contributed by atoms with Gasteiger partial charge in [0.05, 0.1) is 0 Å². The molecule has 0 bridgehead atoms. The summed E-state index contributed by atoms with van der Waals surface area (Å²) in [6, 6.07) is 2.84. The lowest BCUT2D eigenvalue weighted by Crippen LogP contribution is -2.28. The lowest BCUT2D eigenvalue weighted by Gasteiger charge is -2.26. The van der Waals surface area contributed by atoms with Crippen LogP contribution in [0.5, 0.6) is 5.88 Å². The number of hydrogen-bond donors (Lipinski definition) is 2. The fourth-order valence-electron chi connectivity index (χ4n) is 3.56. The first-order chi connectivity index (χ1) is 13.5. The van der Waals surface area contributed by atoms with Gasteiger partial charge < -0.3 is 15.4 Å². The van der Waals surface area contributed by atoms with E-state index in [0.29, 0.717) is 23.1 Å². The van der Waals surface area contributed by atoms with Crippen LogP contribution in [0, 0.1) is 0 Å². The van der Waals surface area contributed by atoms with Gasteiger partial charge in [-0.05, 0) is 26.2 Å². The van der Waals surface area contributed by atoms with Gasteiger partial charge in [0.1, 0.15) is 18.2 Å². The molecule has 2 N–H and O–H groups in total. The van der Waals surface area contributed by atoms with E-state index in [1.54, 1.807) is 6.33 Å². The van der Waals surface area contributed by atoms with Crippen LogP contribution in [-0.4, -0.2) is 50.5 Å². The molecule has 150 valence electrons. The number of rotatable bonds is 7. The number of hydrogen-bond acceptors (Lipinski definition) is 8. The molecule has 8 nitrogen and oxygen atoms in total. The molecule has 1 saturated heterocycles. The van der Waals surface area contributed by atoms with Crippen molar-refractivity contribution in [2.45, 2.75) is 64.3 Å². The van der Waals surface area contributed by atoms with Gasteiger partial charge in [0, 0.05) is 55.7 Å². The minimum atomic E-state index is -0.0973. The second-order valence-corrected chi connectivity index (χ2v) is 8.70. The predicted molar refractivity (Wildman–Crippen MR) is 109 cm³/mol. The summed E-state index contributed by atoms with van der Waals surface area (Å²) in [4.78, 5) is 27.5. The fourth-order valence-corrected chi connectivity index (χ4v) is 4.44. The highest BCUT2D eigenvalue weighted by Crippen LogP contribution is 2.28. The van der Waals surface area contributed by atoms with Crippen molar-refractivity contribution in [1.29, 1.82) is 0 Å². The maximum absolute atomic E-state index is 11.2. The summed E-state index contributed by atoms with van der Waals surface area (Å²) in [5.74, 6) is 1.37. The lowest BCUT2D eigenvalue weighted by molar-refractivity contribution is -0.114. The van der Waals surface area contributed by atoms with E-state index in [1.807, 2.05) is 12.3 Å². The molecule has 0 spiro atoms. The SMILES string of the molecule is CC(=O)Nc1ncc(CN2C[C@H](Oc3cc(NC4CCC4)ncn3)C[C@@H]2C)s1. The van der Waals surface area contributed by atoms with Crippen molar-refractivity contribution in [1.82, 2.24) is 19.9 Å². The van der Waals surface area contributed by atoms with Crippen molar-refractivity contribution in [3.8, 4) is 5.88 Å². The van der Waals surface area contributed by atoms with E-state index < -0.39 is 0 Å². The topological polar surface area (TPSA) is 92.3 Å². The Morgan fingerprint density at radius 3 is 2.96 bits per heavy atom. The average Bonchev–Trinajstić information content (AvgIpc) is 3.18. The first-order valence-corrected chi connectivity index (χ1v) is 10.6.